The molecule has 4 aromatic rings. The van der Waals surface area contributed by atoms with Gasteiger partial charge in [-0.15, -0.1) is 0 Å². The number of allylic oxidation sites excluding steroid dienone is 1. The van der Waals surface area contributed by atoms with Crippen molar-refractivity contribution in [2.45, 2.75) is 11.8 Å². The average molecular weight is 575 g/mol. The highest BCUT2D eigenvalue weighted by Gasteiger charge is 2.23. The van der Waals surface area contributed by atoms with Crippen LogP contribution in [-0.2, 0) is 10.0 Å². The smallest absolute Gasteiger partial charge is 0.268 e. The standard InChI is InChI=1S/C26H21BrF2N2O4S/c1-16-4-7-18(8-5-16)36(33,34)31-13-10-19-23(31)15-22(29)26(25(19)27)35-17-6-9-21(28)20(14-17)24(32)11-12-30(2)3/h4-15H,1-3H3/b12-11+. The maximum Gasteiger partial charge on any atom is 0.268 e. The fraction of sp³-hybridized carbons (Fsp3) is 0.115. The van der Waals surface area contributed by atoms with Gasteiger partial charge in [0.05, 0.1) is 20.4 Å². The molecule has 0 aliphatic carbocycles. The molecule has 1 aromatic heterocycles. The number of ketones is 1. The summed E-state index contributed by atoms with van der Waals surface area (Å²) in [6.07, 6.45) is 4.02. The summed E-state index contributed by atoms with van der Waals surface area (Å²) < 4.78 is 62.6. The van der Waals surface area contributed by atoms with Crippen LogP contribution >= 0.6 is 15.9 Å². The fourth-order valence-corrected chi connectivity index (χ4v) is 5.42. The molecule has 36 heavy (non-hydrogen) atoms. The molecule has 3 aromatic carbocycles. The summed E-state index contributed by atoms with van der Waals surface area (Å²) in [6, 6.07) is 12.4. The van der Waals surface area contributed by atoms with Crippen molar-refractivity contribution >= 4 is 42.6 Å². The second-order valence-corrected chi connectivity index (χ2v) is 10.9. The lowest BCUT2D eigenvalue weighted by Crippen LogP contribution is -2.12. The second kappa shape index (κ2) is 9.87. The summed E-state index contributed by atoms with van der Waals surface area (Å²) >= 11 is 3.31. The van der Waals surface area contributed by atoms with Gasteiger partial charge in [-0.25, -0.2) is 21.2 Å². The van der Waals surface area contributed by atoms with Crippen molar-refractivity contribution in [3.05, 3.63) is 100 Å². The molecule has 0 aliphatic heterocycles. The Morgan fingerprint density at radius 3 is 2.39 bits per heavy atom. The first-order valence-corrected chi connectivity index (χ1v) is 12.9. The van der Waals surface area contributed by atoms with Gasteiger partial charge in [0.25, 0.3) is 10.0 Å². The minimum Gasteiger partial charge on any atom is -0.453 e. The lowest BCUT2D eigenvalue weighted by molar-refractivity contribution is 0.104. The minimum absolute atomic E-state index is 0.0312. The predicted molar refractivity (Wildman–Crippen MR) is 137 cm³/mol. The van der Waals surface area contributed by atoms with E-state index in [9.17, 15) is 17.6 Å². The van der Waals surface area contributed by atoms with Crippen LogP contribution in [0.25, 0.3) is 10.9 Å². The zero-order valence-corrected chi connectivity index (χ0v) is 21.9. The number of carbonyl (C=O) groups excluding carboxylic acids is 1. The van der Waals surface area contributed by atoms with Crippen LogP contribution < -0.4 is 4.74 Å². The molecule has 0 spiro atoms. The maximum absolute atomic E-state index is 15.2. The zero-order chi connectivity index (χ0) is 26.2. The summed E-state index contributed by atoms with van der Waals surface area (Å²) in [5.74, 6) is -2.38. The van der Waals surface area contributed by atoms with Gasteiger partial charge in [0.2, 0.25) is 0 Å². The second-order valence-electron chi connectivity index (χ2n) is 8.25. The third kappa shape index (κ3) is 4.91. The molecule has 4 rings (SSSR count). The fourth-order valence-electron chi connectivity index (χ4n) is 3.47. The summed E-state index contributed by atoms with van der Waals surface area (Å²) in [7, 11) is -0.541. The molecule has 0 fully saturated rings. The van der Waals surface area contributed by atoms with Gasteiger partial charge in [-0.1, -0.05) is 17.7 Å². The molecule has 0 radical (unpaired) electrons. The molecule has 0 saturated heterocycles. The Morgan fingerprint density at radius 1 is 1.03 bits per heavy atom. The van der Waals surface area contributed by atoms with Crippen molar-refractivity contribution in [2.24, 2.45) is 0 Å². The van der Waals surface area contributed by atoms with E-state index in [1.54, 1.807) is 31.1 Å². The molecule has 0 unspecified atom stereocenters. The summed E-state index contributed by atoms with van der Waals surface area (Å²) in [5.41, 5.74) is 0.774. The van der Waals surface area contributed by atoms with Crippen LogP contribution in [0.4, 0.5) is 8.78 Å². The normalized spacial score (nSPS) is 11.8. The number of fused-ring (bicyclic) bond motifs is 1. The molecule has 186 valence electrons. The van der Waals surface area contributed by atoms with Crippen LogP contribution in [0, 0.1) is 18.6 Å². The van der Waals surface area contributed by atoms with Gasteiger partial charge in [0.1, 0.15) is 11.6 Å². The average Bonchev–Trinajstić information content (AvgIpc) is 3.26. The van der Waals surface area contributed by atoms with Crippen LogP contribution in [-0.4, -0.2) is 37.2 Å². The van der Waals surface area contributed by atoms with Crippen LogP contribution in [0.5, 0.6) is 11.5 Å². The summed E-state index contributed by atoms with van der Waals surface area (Å²) in [5, 5.41) is 0.384. The number of benzene rings is 3. The quantitative estimate of drug-likeness (QED) is 0.192. The van der Waals surface area contributed by atoms with E-state index in [4.69, 9.17) is 4.74 Å². The largest absolute Gasteiger partial charge is 0.453 e. The van der Waals surface area contributed by atoms with Crippen molar-refractivity contribution in [3.63, 3.8) is 0 Å². The zero-order valence-electron chi connectivity index (χ0n) is 19.5. The Kier molecular flexibility index (Phi) is 7.01. The number of ether oxygens (including phenoxy) is 1. The number of nitrogens with zero attached hydrogens (tertiary/aromatic N) is 2. The van der Waals surface area contributed by atoms with Gasteiger partial charge in [0, 0.05) is 44.0 Å². The lowest BCUT2D eigenvalue weighted by Gasteiger charge is -2.13. The molecule has 0 amide bonds. The number of aromatic nitrogens is 1. The SMILES string of the molecule is Cc1ccc(S(=O)(=O)n2ccc3c(Br)c(Oc4ccc(F)c(C(=O)/C=C/N(C)C)c4)c(F)cc32)cc1. The van der Waals surface area contributed by atoms with Crippen molar-refractivity contribution < 1.29 is 26.7 Å². The molecule has 1 heterocycles. The van der Waals surface area contributed by atoms with Gasteiger partial charge >= 0.3 is 0 Å². The van der Waals surface area contributed by atoms with Crippen molar-refractivity contribution in [1.82, 2.24) is 8.87 Å². The number of halogens is 3. The number of rotatable bonds is 7. The van der Waals surface area contributed by atoms with Crippen LogP contribution in [0.2, 0.25) is 0 Å². The molecule has 6 nitrogen and oxygen atoms in total. The van der Waals surface area contributed by atoms with E-state index in [0.717, 1.165) is 21.7 Å². The first-order chi connectivity index (χ1) is 17.0. The van der Waals surface area contributed by atoms with Crippen LogP contribution in [0.15, 0.2) is 82.4 Å². The van der Waals surface area contributed by atoms with E-state index in [1.165, 1.54) is 48.8 Å². The monoisotopic (exact) mass is 574 g/mol. The highest BCUT2D eigenvalue weighted by molar-refractivity contribution is 9.10. The van der Waals surface area contributed by atoms with Gasteiger partial charge in [0.15, 0.2) is 17.3 Å². The Labute approximate surface area is 215 Å². The van der Waals surface area contributed by atoms with Crippen molar-refractivity contribution in [1.29, 1.82) is 0 Å². The molecular formula is C26H21BrF2N2O4S. The van der Waals surface area contributed by atoms with E-state index < -0.39 is 27.4 Å². The molecule has 10 heteroatoms. The Bertz CT molecular complexity index is 1610. The Morgan fingerprint density at radius 2 is 1.72 bits per heavy atom. The first-order valence-electron chi connectivity index (χ1n) is 10.7. The molecule has 0 saturated carbocycles. The molecule has 0 N–H and O–H groups in total. The first kappa shape index (κ1) is 25.6. The van der Waals surface area contributed by atoms with Gasteiger partial charge in [-0.2, -0.15) is 0 Å². The van der Waals surface area contributed by atoms with Gasteiger partial charge in [-0.3, -0.25) is 4.79 Å². The number of hydrogen-bond acceptors (Lipinski definition) is 5. The summed E-state index contributed by atoms with van der Waals surface area (Å²) in [4.78, 5) is 14.1. The van der Waals surface area contributed by atoms with Crippen LogP contribution in [0.3, 0.4) is 0 Å². The number of carbonyl (C=O) groups is 1. The highest BCUT2D eigenvalue weighted by atomic mass is 79.9. The maximum atomic E-state index is 15.2. The van der Waals surface area contributed by atoms with E-state index in [2.05, 4.69) is 15.9 Å². The Balaban J connectivity index is 1.73. The summed E-state index contributed by atoms with van der Waals surface area (Å²) in [6.45, 7) is 1.84. The van der Waals surface area contributed by atoms with E-state index in [1.807, 2.05) is 6.92 Å². The third-order valence-corrected chi connectivity index (χ3v) is 7.82. The van der Waals surface area contributed by atoms with Crippen LogP contribution in [0.1, 0.15) is 15.9 Å². The number of aryl methyl sites for hydroxylation is 1. The number of hydrogen-bond donors (Lipinski definition) is 0. The van der Waals surface area contributed by atoms with E-state index in [-0.39, 0.29) is 31.9 Å². The van der Waals surface area contributed by atoms with Crippen molar-refractivity contribution in [2.75, 3.05) is 14.1 Å². The lowest BCUT2D eigenvalue weighted by atomic mass is 10.1. The molecule has 0 aliphatic rings. The highest BCUT2D eigenvalue weighted by Crippen LogP contribution is 2.40. The third-order valence-electron chi connectivity index (χ3n) is 5.33. The topological polar surface area (TPSA) is 68.6 Å². The van der Waals surface area contributed by atoms with E-state index >= 15 is 4.39 Å². The molecular weight excluding hydrogens is 554 g/mol. The predicted octanol–water partition coefficient (Wildman–Crippen LogP) is 6.28. The Hall–Kier alpha value is -3.50. The molecule has 0 bridgehead atoms. The van der Waals surface area contributed by atoms with Crippen molar-refractivity contribution in [3.8, 4) is 11.5 Å². The van der Waals surface area contributed by atoms with Gasteiger partial charge < -0.3 is 9.64 Å². The van der Waals surface area contributed by atoms with E-state index in [0.29, 0.717) is 5.39 Å². The van der Waals surface area contributed by atoms with Gasteiger partial charge in [-0.05, 0) is 59.3 Å². The molecule has 0 atom stereocenters. The minimum atomic E-state index is -3.98.